The number of benzene rings is 1. The van der Waals surface area contributed by atoms with Crippen molar-refractivity contribution in [1.82, 2.24) is 24.5 Å². The minimum absolute atomic E-state index is 0.00708. The number of rotatable bonds is 6. The zero-order chi connectivity index (χ0) is 28.0. The average molecular weight is 548 g/mol. The molecule has 4 atom stereocenters. The molecule has 1 amide bonds. The molecule has 0 radical (unpaired) electrons. The third-order valence-electron chi connectivity index (χ3n) is 8.06. The lowest BCUT2D eigenvalue weighted by Gasteiger charge is -2.36. The lowest BCUT2D eigenvalue weighted by atomic mass is 9.74. The van der Waals surface area contributed by atoms with Crippen LogP contribution in [0.15, 0.2) is 48.9 Å². The highest BCUT2D eigenvalue weighted by Crippen LogP contribution is 2.39. The summed E-state index contributed by atoms with van der Waals surface area (Å²) >= 11 is 0. The van der Waals surface area contributed by atoms with Crippen LogP contribution in [0.5, 0.6) is 0 Å². The van der Waals surface area contributed by atoms with E-state index in [1.54, 1.807) is 35.6 Å². The largest absolute Gasteiger partial charge is 0.391 e. The normalized spacial score (nSPS) is 23.2. The van der Waals surface area contributed by atoms with Gasteiger partial charge >= 0.3 is 0 Å². The molecule has 1 aliphatic heterocycles. The third-order valence-corrected chi connectivity index (χ3v) is 8.06. The number of carbonyl (C=O) groups excluding carboxylic acids is 1. The molecular weight excluding hydrogens is 516 g/mol. The van der Waals surface area contributed by atoms with E-state index in [1.165, 1.54) is 16.6 Å². The van der Waals surface area contributed by atoms with Crippen molar-refractivity contribution in [2.75, 3.05) is 11.9 Å². The van der Waals surface area contributed by atoms with E-state index in [9.17, 15) is 9.90 Å². The van der Waals surface area contributed by atoms with Gasteiger partial charge in [-0.3, -0.25) is 9.78 Å². The van der Waals surface area contributed by atoms with Crippen LogP contribution in [0, 0.1) is 17.6 Å². The van der Waals surface area contributed by atoms with E-state index in [2.05, 4.69) is 20.4 Å². The van der Waals surface area contributed by atoms with Crippen LogP contribution in [-0.4, -0.2) is 54.2 Å². The van der Waals surface area contributed by atoms with Crippen molar-refractivity contribution in [1.29, 1.82) is 0 Å². The van der Waals surface area contributed by atoms with E-state index in [0.29, 0.717) is 36.4 Å². The van der Waals surface area contributed by atoms with Crippen LogP contribution in [0.1, 0.15) is 49.7 Å². The van der Waals surface area contributed by atoms with Gasteiger partial charge in [-0.25, -0.2) is 13.8 Å². The van der Waals surface area contributed by atoms with E-state index < -0.39 is 17.7 Å². The fraction of sp³-hybridized carbons (Fsp3) is 0.379. The number of pyridine rings is 1. The molecule has 1 saturated carbocycles. The molecule has 40 heavy (non-hydrogen) atoms. The number of aliphatic hydroxyl groups excluding tert-OH is 1. The van der Waals surface area contributed by atoms with Gasteiger partial charge in [0.15, 0.2) is 0 Å². The number of nitrogens with one attached hydrogen (secondary N) is 1. The number of halogens is 2. The summed E-state index contributed by atoms with van der Waals surface area (Å²) in [5.74, 6) is -0.966. The maximum atomic E-state index is 15.2. The number of anilines is 2. The monoisotopic (exact) mass is 547 g/mol. The van der Waals surface area contributed by atoms with Gasteiger partial charge in [-0.05, 0) is 72.6 Å². The molecule has 1 saturated heterocycles. The number of hydrogen-bond acceptors (Lipinski definition) is 7. The SMILES string of the molecule is CC1CC(c2ccncc2Nc2ncc3ccc(-c4c(F)cc(CN5CCCC5=O)cc4F)nn23)CC(N)C1O. The summed E-state index contributed by atoms with van der Waals surface area (Å²) in [7, 11) is 0. The number of hydrogen-bond donors (Lipinski definition) is 3. The molecule has 4 unspecified atom stereocenters. The minimum atomic E-state index is -0.748. The molecule has 6 rings (SSSR count). The molecule has 11 heteroatoms. The predicted octanol–water partition coefficient (Wildman–Crippen LogP) is 4.14. The number of amides is 1. The fourth-order valence-corrected chi connectivity index (χ4v) is 5.97. The average Bonchev–Trinajstić information content (AvgIpc) is 3.52. The Morgan fingerprint density at radius 2 is 1.95 bits per heavy atom. The Morgan fingerprint density at radius 1 is 1.15 bits per heavy atom. The van der Waals surface area contributed by atoms with Gasteiger partial charge in [-0.2, -0.15) is 9.61 Å². The first kappa shape index (κ1) is 26.3. The molecule has 9 nitrogen and oxygen atoms in total. The van der Waals surface area contributed by atoms with Gasteiger partial charge in [0.2, 0.25) is 11.9 Å². The Bertz CT molecular complexity index is 1540. The zero-order valence-electron chi connectivity index (χ0n) is 22.1. The van der Waals surface area contributed by atoms with E-state index in [1.807, 2.05) is 13.0 Å². The van der Waals surface area contributed by atoms with Crippen molar-refractivity contribution in [3.8, 4) is 11.3 Å². The number of likely N-dealkylation sites (tertiary alicyclic amines) is 1. The van der Waals surface area contributed by atoms with Crippen LogP contribution >= 0.6 is 0 Å². The van der Waals surface area contributed by atoms with E-state index in [4.69, 9.17) is 5.73 Å². The minimum Gasteiger partial charge on any atom is -0.391 e. The number of nitrogens with two attached hydrogens (primary N) is 1. The summed E-state index contributed by atoms with van der Waals surface area (Å²) in [6, 6.07) is 7.38. The molecule has 1 aromatic carbocycles. The quantitative estimate of drug-likeness (QED) is 0.332. The van der Waals surface area contributed by atoms with Gasteiger partial charge in [0.1, 0.15) is 11.6 Å². The van der Waals surface area contributed by atoms with Crippen LogP contribution in [-0.2, 0) is 11.3 Å². The van der Waals surface area contributed by atoms with Crippen molar-refractivity contribution in [2.24, 2.45) is 11.7 Å². The molecule has 2 aliphatic rings. The van der Waals surface area contributed by atoms with Crippen LogP contribution in [0.2, 0.25) is 0 Å². The standard InChI is InChI=1S/C29H31F2N7O2/c1-16-9-18(12-23(32)28(16)40)20-6-7-33-14-25(20)35-29-34-13-19-4-5-24(36-38(19)29)27-21(30)10-17(11-22(27)31)15-37-8-2-3-26(37)39/h4-7,10-11,13-14,16,18,23,28,40H,2-3,8-9,12,15,32H2,1H3,(H,34,35). The van der Waals surface area contributed by atoms with Crippen LogP contribution in [0.25, 0.3) is 16.8 Å². The smallest absolute Gasteiger partial charge is 0.229 e. The third kappa shape index (κ3) is 4.90. The fourth-order valence-electron chi connectivity index (χ4n) is 5.97. The second kappa shape index (κ2) is 10.5. The summed E-state index contributed by atoms with van der Waals surface area (Å²) in [4.78, 5) is 22.3. The van der Waals surface area contributed by atoms with E-state index in [0.717, 1.165) is 24.1 Å². The highest BCUT2D eigenvalue weighted by molar-refractivity contribution is 5.78. The summed E-state index contributed by atoms with van der Waals surface area (Å²) in [5, 5.41) is 18.1. The number of fused-ring (bicyclic) bond motifs is 1. The van der Waals surface area contributed by atoms with Gasteiger partial charge in [0.05, 0.1) is 41.0 Å². The lowest BCUT2D eigenvalue weighted by Crippen LogP contribution is -2.44. The molecule has 0 spiro atoms. The number of aliphatic hydroxyl groups is 1. The molecule has 4 aromatic rings. The maximum absolute atomic E-state index is 15.2. The van der Waals surface area contributed by atoms with E-state index in [-0.39, 0.29) is 41.6 Å². The van der Waals surface area contributed by atoms with Crippen molar-refractivity contribution in [3.63, 3.8) is 0 Å². The van der Waals surface area contributed by atoms with Gasteiger partial charge in [0.25, 0.3) is 0 Å². The lowest BCUT2D eigenvalue weighted by molar-refractivity contribution is -0.128. The molecule has 3 aromatic heterocycles. The zero-order valence-corrected chi connectivity index (χ0v) is 22.1. The van der Waals surface area contributed by atoms with Gasteiger partial charge in [-0.1, -0.05) is 6.92 Å². The molecule has 1 aliphatic carbocycles. The van der Waals surface area contributed by atoms with Crippen LogP contribution in [0.3, 0.4) is 0 Å². The summed E-state index contributed by atoms with van der Waals surface area (Å²) < 4.78 is 32.0. The first-order valence-electron chi connectivity index (χ1n) is 13.5. The molecule has 208 valence electrons. The highest BCUT2D eigenvalue weighted by Gasteiger charge is 2.34. The molecule has 4 N–H and O–H groups in total. The van der Waals surface area contributed by atoms with E-state index >= 15 is 8.78 Å². The molecule has 0 bridgehead atoms. The van der Waals surface area contributed by atoms with Crippen LogP contribution < -0.4 is 11.1 Å². The van der Waals surface area contributed by atoms with Crippen LogP contribution in [0.4, 0.5) is 20.4 Å². The van der Waals surface area contributed by atoms with Gasteiger partial charge < -0.3 is 21.1 Å². The Balaban J connectivity index is 1.30. The topological polar surface area (TPSA) is 122 Å². The second-order valence-corrected chi connectivity index (χ2v) is 10.9. The maximum Gasteiger partial charge on any atom is 0.229 e. The summed E-state index contributed by atoms with van der Waals surface area (Å²) in [5.41, 5.74) is 8.84. The number of nitrogens with zero attached hydrogens (tertiary/aromatic N) is 5. The van der Waals surface area contributed by atoms with Crippen molar-refractivity contribution in [2.45, 2.75) is 57.2 Å². The summed E-state index contributed by atoms with van der Waals surface area (Å²) in [6.07, 6.45) is 7.13. The number of aromatic nitrogens is 4. The predicted molar refractivity (Wildman–Crippen MR) is 146 cm³/mol. The molecule has 4 heterocycles. The van der Waals surface area contributed by atoms with Crippen molar-refractivity contribution < 1.29 is 18.7 Å². The Labute approximate surface area is 230 Å². The second-order valence-electron chi connectivity index (χ2n) is 10.9. The Kier molecular flexibility index (Phi) is 6.93. The number of carbonyl (C=O) groups is 1. The molecular formula is C29H31F2N7O2. The Morgan fingerprint density at radius 3 is 2.67 bits per heavy atom. The molecule has 2 fully saturated rings. The van der Waals surface area contributed by atoms with Gasteiger partial charge in [0, 0.05) is 31.7 Å². The summed E-state index contributed by atoms with van der Waals surface area (Å²) in [6.45, 7) is 2.76. The van der Waals surface area contributed by atoms with Gasteiger partial charge in [-0.15, -0.1) is 0 Å². The first-order valence-corrected chi connectivity index (χ1v) is 13.5. The Hall–Kier alpha value is -3.96. The van der Waals surface area contributed by atoms with Crippen molar-refractivity contribution in [3.05, 3.63) is 71.7 Å². The highest BCUT2D eigenvalue weighted by atomic mass is 19.1. The number of imidazole rings is 1. The van der Waals surface area contributed by atoms with Crippen molar-refractivity contribution >= 4 is 23.1 Å². The first-order chi connectivity index (χ1) is 19.3.